The summed E-state index contributed by atoms with van der Waals surface area (Å²) >= 11 is 0. The van der Waals surface area contributed by atoms with Crippen LogP contribution in [0.3, 0.4) is 0 Å². The number of rotatable bonds is 7. The lowest BCUT2D eigenvalue weighted by Crippen LogP contribution is -2.37. The molecule has 1 aliphatic rings. The van der Waals surface area contributed by atoms with Crippen molar-refractivity contribution in [3.8, 4) is 0 Å². The number of aromatic nitrogens is 1. The molecule has 0 aliphatic heterocycles. The highest BCUT2D eigenvalue weighted by atomic mass is 16.5. The Labute approximate surface area is 118 Å². The van der Waals surface area contributed by atoms with Gasteiger partial charge in [0, 0.05) is 18.5 Å². The first-order chi connectivity index (χ1) is 9.65. The monoisotopic (exact) mass is 280 g/mol. The van der Waals surface area contributed by atoms with Crippen LogP contribution in [0, 0.1) is 0 Å². The van der Waals surface area contributed by atoms with E-state index in [0.717, 1.165) is 25.0 Å². The summed E-state index contributed by atoms with van der Waals surface area (Å²) in [6.07, 6.45) is 2.94. The quantitative estimate of drug-likeness (QED) is 0.714. The molecular formula is C14H20N2O4. The Morgan fingerprint density at radius 3 is 2.80 bits per heavy atom. The number of hydrogen-bond acceptors (Lipinski definition) is 5. The van der Waals surface area contributed by atoms with Crippen molar-refractivity contribution in [3.63, 3.8) is 0 Å². The predicted octanol–water partition coefficient (Wildman–Crippen LogP) is 1.97. The molecule has 0 aromatic carbocycles. The van der Waals surface area contributed by atoms with E-state index in [1.165, 1.54) is 4.90 Å². The van der Waals surface area contributed by atoms with Crippen LogP contribution in [0.4, 0.5) is 0 Å². The lowest BCUT2D eigenvalue weighted by molar-refractivity contribution is -0.143. The molecule has 1 heterocycles. The molecule has 6 heteroatoms. The third-order valence-electron chi connectivity index (χ3n) is 3.13. The fourth-order valence-corrected chi connectivity index (χ4v) is 2.00. The summed E-state index contributed by atoms with van der Waals surface area (Å²) in [4.78, 5) is 25.3. The molecule has 0 unspecified atom stereocenters. The van der Waals surface area contributed by atoms with Gasteiger partial charge in [0.1, 0.15) is 12.3 Å². The third kappa shape index (κ3) is 3.59. The summed E-state index contributed by atoms with van der Waals surface area (Å²) in [6, 6.07) is 1.69. The zero-order chi connectivity index (χ0) is 14.5. The molecule has 1 aromatic rings. The van der Waals surface area contributed by atoms with E-state index in [2.05, 4.69) is 5.16 Å². The number of amides is 1. The Morgan fingerprint density at radius 1 is 1.45 bits per heavy atom. The summed E-state index contributed by atoms with van der Waals surface area (Å²) in [7, 11) is 0. The van der Waals surface area contributed by atoms with Gasteiger partial charge in [0.25, 0.3) is 5.91 Å². The Balaban J connectivity index is 2.02. The van der Waals surface area contributed by atoms with E-state index in [9.17, 15) is 9.59 Å². The van der Waals surface area contributed by atoms with Crippen LogP contribution in [0.25, 0.3) is 0 Å². The van der Waals surface area contributed by atoms with Crippen molar-refractivity contribution in [2.75, 3.05) is 19.7 Å². The Morgan fingerprint density at radius 2 is 2.20 bits per heavy atom. The highest BCUT2D eigenvalue weighted by molar-refractivity contribution is 5.94. The molecular weight excluding hydrogens is 260 g/mol. The maximum atomic E-state index is 12.3. The zero-order valence-corrected chi connectivity index (χ0v) is 11.9. The Bertz CT molecular complexity index is 479. The normalized spacial score (nSPS) is 14.1. The molecule has 20 heavy (non-hydrogen) atoms. The number of ether oxygens (including phenoxy) is 1. The first-order valence-corrected chi connectivity index (χ1v) is 7.07. The van der Waals surface area contributed by atoms with Gasteiger partial charge in [0.2, 0.25) is 0 Å². The Hall–Kier alpha value is -1.85. The van der Waals surface area contributed by atoms with Crippen molar-refractivity contribution in [1.29, 1.82) is 0 Å². The van der Waals surface area contributed by atoms with Crippen LogP contribution in [-0.4, -0.2) is 41.6 Å². The van der Waals surface area contributed by atoms with Gasteiger partial charge in [0.05, 0.1) is 6.61 Å². The van der Waals surface area contributed by atoms with Crippen molar-refractivity contribution in [1.82, 2.24) is 10.1 Å². The molecule has 1 aromatic heterocycles. The van der Waals surface area contributed by atoms with E-state index in [4.69, 9.17) is 9.26 Å². The second-order valence-corrected chi connectivity index (χ2v) is 4.92. The second-order valence-electron chi connectivity index (χ2n) is 4.92. The molecule has 0 bridgehead atoms. The molecule has 0 saturated heterocycles. The van der Waals surface area contributed by atoms with Crippen LogP contribution in [0.2, 0.25) is 0 Å². The van der Waals surface area contributed by atoms with E-state index in [1.807, 2.05) is 6.92 Å². The lowest BCUT2D eigenvalue weighted by Gasteiger charge is -2.19. The molecule has 0 atom stereocenters. The molecule has 1 fully saturated rings. The van der Waals surface area contributed by atoms with Gasteiger partial charge in [0.15, 0.2) is 5.69 Å². The van der Waals surface area contributed by atoms with E-state index >= 15 is 0 Å². The molecule has 2 rings (SSSR count). The van der Waals surface area contributed by atoms with E-state index in [1.54, 1.807) is 13.0 Å². The van der Waals surface area contributed by atoms with Crippen LogP contribution in [-0.2, 0) is 9.53 Å². The van der Waals surface area contributed by atoms with E-state index in [0.29, 0.717) is 19.1 Å². The molecule has 0 N–H and O–H groups in total. The molecule has 110 valence electrons. The van der Waals surface area contributed by atoms with Gasteiger partial charge >= 0.3 is 5.97 Å². The number of hydrogen-bond donors (Lipinski definition) is 0. The summed E-state index contributed by atoms with van der Waals surface area (Å²) in [6.45, 7) is 4.44. The average molecular weight is 280 g/mol. The minimum absolute atomic E-state index is 0.0495. The molecule has 0 spiro atoms. The lowest BCUT2D eigenvalue weighted by atomic mass is 10.2. The van der Waals surface area contributed by atoms with Crippen molar-refractivity contribution < 1.29 is 18.8 Å². The van der Waals surface area contributed by atoms with Gasteiger partial charge < -0.3 is 14.2 Å². The first kappa shape index (κ1) is 14.6. The highest BCUT2D eigenvalue weighted by Gasteiger charge is 2.30. The number of nitrogens with zero attached hydrogens (tertiary/aromatic N) is 2. The van der Waals surface area contributed by atoms with Crippen LogP contribution >= 0.6 is 0 Å². The molecule has 1 amide bonds. The van der Waals surface area contributed by atoms with Crippen LogP contribution in [0.5, 0.6) is 0 Å². The topological polar surface area (TPSA) is 72.6 Å². The van der Waals surface area contributed by atoms with Crippen LogP contribution in [0.15, 0.2) is 10.6 Å². The fraction of sp³-hybridized carbons (Fsp3) is 0.643. The molecule has 1 aliphatic carbocycles. The smallest absolute Gasteiger partial charge is 0.325 e. The van der Waals surface area contributed by atoms with Gasteiger partial charge in [-0.15, -0.1) is 0 Å². The summed E-state index contributed by atoms with van der Waals surface area (Å²) < 4.78 is 10.1. The van der Waals surface area contributed by atoms with Crippen LogP contribution < -0.4 is 0 Å². The van der Waals surface area contributed by atoms with E-state index in [-0.39, 0.29) is 18.1 Å². The number of carbonyl (C=O) groups excluding carboxylic acids is 2. The summed E-state index contributed by atoms with van der Waals surface area (Å²) in [5, 5.41) is 3.82. The minimum atomic E-state index is -0.403. The predicted molar refractivity (Wildman–Crippen MR) is 71.3 cm³/mol. The molecule has 0 radical (unpaired) electrons. The summed E-state index contributed by atoms with van der Waals surface area (Å²) in [5.41, 5.74) is 0.268. The maximum absolute atomic E-state index is 12.3. The van der Waals surface area contributed by atoms with Crippen LogP contribution in [0.1, 0.15) is 55.3 Å². The van der Waals surface area contributed by atoms with Crippen molar-refractivity contribution in [2.24, 2.45) is 0 Å². The third-order valence-corrected chi connectivity index (χ3v) is 3.13. The number of esters is 1. The van der Waals surface area contributed by atoms with Crippen molar-refractivity contribution in [2.45, 2.75) is 39.0 Å². The van der Waals surface area contributed by atoms with Gasteiger partial charge in [-0.2, -0.15) is 0 Å². The zero-order valence-electron chi connectivity index (χ0n) is 11.9. The molecule has 1 saturated carbocycles. The minimum Gasteiger partial charge on any atom is -0.465 e. The second kappa shape index (κ2) is 6.54. The first-order valence-electron chi connectivity index (χ1n) is 7.07. The van der Waals surface area contributed by atoms with Crippen molar-refractivity contribution >= 4 is 11.9 Å². The highest BCUT2D eigenvalue weighted by Crippen LogP contribution is 2.40. The van der Waals surface area contributed by atoms with Gasteiger partial charge in [-0.3, -0.25) is 9.59 Å². The number of carbonyl (C=O) groups is 2. The van der Waals surface area contributed by atoms with Gasteiger partial charge in [-0.25, -0.2) is 0 Å². The largest absolute Gasteiger partial charge is 0.465 e. The SMILES string of the molecule is CCCN(CC(=O)OCC)C(=O)c1cc(C2CC2)on1. The van der Waals surface area contributed by atoms with Gasteiger partial charge in [-0.05, 0) is 26.2 Å². The Kier molecular flexibility index (Phi) is 4.76. The van der Waals surface area contributed by atoms with Gasteiger partial charge in [-0.1, -0.05) is 12.1 Å². The molecule has 6 nitrogen and oxygen atoms in total. The fourth-order valence-electron chi connectivity index (χ4n) is 2.00. The summed E-state index contributed by atoms with van der Waals surface area (Å²) in [5.74, 6) is 0.491. The maximum Gasteiger partial charge on any atom is 0.325 e. The average Bonchev–Trinajstić information content (AvgIpc) is 3.16. The van der Waals surface area contributed by atoms with E-state index < -0.39 is 5.97 Å². The van der Waals surface area contributed by atoms with Crippen molar-refractivity contribution in [3.05, 3.63) is 17.5 Å². The standard InChI is InChI=1S/C14H20N2O4/c1-3-7-16(9-13(17)19-4-2)14(18)11-8-12(20-15-11)10-5-6-10/h8,10H,3-7,9H2,1-2H3.